The van der Waals surface area contributed by atoms with Crippen LogP contribution in [-0.2, 0) is 0 Å². The summed E-state index contributed by atoms with van der Waals surface area (Å²) >= 11 is 0. The number of rotatable bonds is 2. The Balaban J connectivity index is 1.96. The summed E-state index contributed by atoms with van der Waals surface area (Å²) in [6.07, 6.45) is 1.92. The number of hydrogen-bond donors (Lipinski definition) is 0. The normalized spacial score (nSPS) is 11.5. The molecule has 0 unspecified atom stereocenters. The van der Waals surface area contributed by atoms with Gasteiger partial charge in [-0.2, -0.15) is 0 Å². The number of fused-ring (bicyclic) bond motifs is 2. The second kappa shape index (κ2) is 5.76. The Morgan fingerprint density at radius 3 is 2.42 bits per heavy atom. The molecule has 0 fully saturated rings. The molecule has 0 N–H and O–H groups in total. The molecular weight excluding hydrogens is 290 g/mol. The number of nitrogens with zero attached hydrogens (tertiary/aromatic N) is 1. The first kappa shape index (κ1) is 14.9. The highest BCUT2D eigenvalue weighted by atomic mass is 14.7. The Morgan fingerprint density at radius 2 is 1.58 bits per heavy atom. The predicted molar refractivity (Wildman–Crippen MR) is 104 cm³/mol. The quantitative estimate of drug-likeness (QED) is 0.412. The third-order valence-electron chi connectivity index (χ3n) is 4.80. The molecule has 3 aromatic carbocycles. The Kier molecular flexibility index (Phi) is 3.57. The Hall–Kier alpha value is -2.67. The van der Waals surface area contributed by atoms with Crippen LogP contribution >= 0.6 is 0 Å². The summed E-state index contributed by atoms with van der Waals surface area (Å²) in [7, 11) is 0. The van der Waals surface area contributed by atoms with Crippen LogP contribution in [0.2, 0.25) is 0 Å². The lowest BCUT2D eigenvalue weighted by Gasteiger charge is -2.11. The molecule has 1 heteroatoms. The van der Waals surface area contributed by atoms with E-state index in [1.54, 1.807) is 0 Å². The van der Waals surface area contributed by atoms with E-state index in [-0.39, 0.29) is 0 Å². The molecular formula is C23H21N. The lowest BCUT2D eigenvalue weighted by atomic mass is 9.95. The highest BCUT2D eigenvalue weighted by Gasteiger charge is 2.09. The number of pyridine rings is 1. The maximum absolute atomic E-state index is 4.70. The van der Waals surface area contributed by atoms with Gasteiger partial charge in [0.2, 0.25) is 0 Å². The highest BCUT2D eigenvalue weighted by molar-refractivity contribution is 5.98. The first-order valence-corrected chi connectivity index (χ1v) is 8.52. The van der Waals surface area contributed by atoms with Gasteiger partial charge in [-0.05, 0) is 58.3 Å². The Bertz CT molecular complexity index is 1040. The minimum absolute atomic E-state index is 0.536. The van der Waals surface area contributed by atoms with Crippen LogP contribution < -0.4 is 0 Å². The minimum Gasteiger partial charge on any atom is -0.256 e. The third-order valence-corrected chi connectivity index (χ3v) is 4.80. The van der Waals surface area contributed by atoms with E-state index in [9.17, 15) is 0 Å². The van der Waals surface area contributed by atoms with Gasteiger partial charge in [-0.15, -0.1) is 0 Å². The fraction of sp³-hybridized carbons (Fsp3) is 0.174. The standard InChI is InChI=1S/C23H21N/c1-15(2)17-8-9-22-19(13-17)10-11-24-23(22)20-12-16(3)21-7-5-4-6-18(21)14-20/h4-15H,1-3H3. The molecule has 4 rings (SSSR count). The lowest BCUT2D eigenvalue weighted by molar-refractivity contribution is 0.869. The highest BCUT2D eigenvalue weighted by Crippen LogP contribution is 2.32. The maximum Gasteiger partial charge on any atom is 0.0780 e. The molecule has 118 valence electrons. The van der Waals surface area contributed by atoms with E-state index in [1.165, 1.54) is 38.2 Å². The van der Waals surface area contributed by atoms with Crippen molar-refractivity contribution >= 4 is 21.5 Å². The fourth-order valence-electron chi connectivity index (χ4n) is 3.42. The summed E-state index contributed by atoms with van der Waals surface area (Å²) in [5, 5.41) is 5.06. The van der Waals surface area contributed by atoms with E-state index in [0.29, 0.717) is 5.92 Å². The zero-order valence-corrected chi connectivity index (χ0v) is 14.4. The minimum atomic E-state index is 0.536. The first-order valence-electron chi connectivity index (χ1n) is 8.52. The lowest BCUT2D eigenvalue weighted by Crippen LogP contribution is -1.91. The van der Waals surface area contributed by atoms with Crippen molar-refractivity contribution in [3.05, 3.63) is 78.0 Å². The van der Waals surface area contributed by atoms with Crippen molar-refractivity contribution in [1.29, 1.82) is 0 Å². The van der Waals surface area contributed by atoms with E-state index < -0.39 is 0 Å². The molecule has 1 aromatic heterocycles. The van der Waals surface area contributed by atoms with Gasteiger partial charge in [-0.1, -0.05) is 56.3 Å². The van der Waals surface area contributed by atoms with Gasteiger partial charge in [0.1, 0.15) is 0 Å². The summed E-state index contributed by atoms with van der Waals surface area (Å²) in [6, 6.07) is 21.9. The smallest absolute Gasteiger partial charge is 0.0780 e. The van der Waals surface area contributed by atoms with E-state index in [4.69, 9.17) is 4.98 Å². The van der Waals surface area contributed by atoms with Gasteiger partial charge in [0.15, 0.2) is 0 Å². The van der Waals surface area contributed by atoms with E-state index in [1.807, 2.05) is 6.20 Å². The van der Waals surface area contributed by atoms with Crippen molar-refractivity contribution in [3.63, 3.8) is 0 Å². The third kappa shape index (κ3) is 2.46. The molecule has 0 saturated heterocycles. The van der Waals surface area contributed by atoms with Crippen molar-refractivity contribution in [2.75, 3.05) is 0 Å². The van der Waals surface area contributed by atoms with Gasteiger partial charge >= 0.3 is 0 Å². The summed E-state index contributed by atoms with van der Waals surface area (Å²) in [5.74, 6) is 0.536. The van der Waals surface area contributed by atoms with Gasteiger partial charge in [0.25, 0.3) is 0 Å². The van der Waals surface area contributed by atoms with Gasteiger partial charge in [-0.3, -0.25) is 4.98 Å². The van der Waals surface area contributed by atoms with Gasteiger partial charge in [0, 0.05) is 17.1 Å². The number of aromatic nitrogens is 1. The molecule has 0 aliphatic heterocycles. The van der Waals surface area contributed by atoms with Crippen LogP contribution in [0.15, 0.2) is 66.9 Å². The van der Waals surface area contributed by atoms with E-state index in [2.05, 4.69) is 81.4 Å². The monoisotopic (exact) mass is 311 g/mol. The van der Waals surface area contributed by atoms with Gasteiger partial charge in [0.05, 0.1) is 5.69 Å². The molecule has 0 atom stereocenters. The largest absolute Gasteiger partial charge is 0.256 e. The number of aryl methyl sites for hydroxylation is 1. The van der Waals surface area contributed by atoms with Gasteiger partial charge < -0.3 is 0 Å². The van der Waals surface area contributed by atoms with Crippen molar-refractivity contribution in [1.82, 2.24) is 4.98 Å². The zero-order chi connectivity index (χ0) is 16.7. The first-order chi connectivity index (χ1) is 11.6. The summed E-state index contributed by atoms with van der Waals surface area (Å²) in [4.78, 5) is 4.70. The number of hydrogen-bond acceptors (Lipinski definition) is 1. The molecule has 0 aliphatic rings. The molecule has 0 saturated carbocycles. The number of benzene rings is 3. The topological polar surface area (TPSA) is 12.9 Å². The van der Waals surface area contributed by atoms with Crippen molar-refractivity contribution in [2.45, 2.75) is 26.7 Å². The molecule has 24 heavy (non-hydrogen) atoms. The second-order valence-corrected chi connectivity index (χ2v) is 6.81. The summed E-state index contributed by atoms with van der Waals surface area (Å²) in [5.41, 5.74) is 4.92. The SMILES string of the molecule is Cc1cc(-c2nccc3cc(C(C)C)ccc23)cc2ccccc12. The molecule has 0 amide bonds. The van der Waals surface area contributed by atoms with Crippen LogP contribution in [0.5, 0.6) is 0 Å². The summed E-state index contributed by atoms with van der Waals surface area (Å²) < 4.78 is 0. The van der Waals surface area contributed by atoms with Crippen LogP contribution in [-0.4, -0.2) is 4.98 Å². The molecule has 0 spiro atoms. The Morgan fingerprint density at radius 1 is 0.792 bits per heavy atom. The zero-order valence-electron chi connectivity index (χ0n) is 14.4. The fourth-order valence-corrected chi connectivity index (χ4v) is 3.42. The molecule has 1 heterocycles. The van der Waals surface area contributed by atoms with E-state index >= 15 is 0 Å². The molecule has 1 nitrogen and oxygen atoms in total. The van der Waals surface area contributed by atoms with Crippen LogP contribution in [0.4, 0.5) is 0 Å². The predicted octanol–water partition coefficient (Wildman–Crippen LogP) is 6.49. The van der Waals surface area contributed by atoms with Crippen LogP contribution in [0.1, 0.15) is 30.9 Å². The van der Waals surface area contributed by atoms with Gasteiger partial charge in [-0.25, -0.2) is 0 Å². The molecule has 4 aromatic rings. The van der Waals surface area contributed by atoms with Crippen molar-refractivity contribution in [3.8, 4) is 11.3 Å². The van der Waals surface area contributed by atoms with E-state index in [0.717, 1.165) is 5.69 Å². The summed E-state index contributed by atoms with van der Waals surface area (Å²) in [6.45, 7) is 6.64. The van der Waals surface area contributed by atoms with Crippen LogP contribution in [0.25, 0.3) is 32.8 Å². The van der Waals surface area contributed by atoms with Crippen molar-refractivity contribution < 1.29 is 0 Å². The van der Waals surface area contributed by atoms with Crippen molar-refractivity contribution in [2.24, 2.45) is 0 Å². The molecule has 0 aliphatic carbocycles. The second-order valence-electron chi connectivity index (χ2n) is 6.81. The van der Waals surface area contributed by atoms with Crippen LogP contribution in [0.3, 0.4) is 0 Å². The average molecular weight is 311 g/mol. The maximum atomic E-state index is 4.70. The van der Waals surface area contributed by atoms with Crippen LogP contribution in [0, 0.1) is 6.92 Å². The molecule has 0 radical (unpaired) electrons. The Labute approximate surface area is 143 Å². The molecule has 0 bridgehead atoms. The average Bonchev–Trinajstić information content (AvgIpc) is 2.60.